The molecule has 25 heavy (non-hydrogen) atoms. The summed E-state index contributed by atoms with van der Waals surface area (Å²) in [5.74, 6) is 0.742. The summed E-state index contributed by atoms with van der Waals surface area (Å²) in [6.45, 7) is 5.94. The summed E-state index contributed by atoms with van der Waals surface area (Å²) in [5.41, 5.74) is 2.02. The molecule has 0 fully saturated rings. The Kier molecular flexibility index (Phi) is 4.78. The van der Waals surface area contributed by atoms with E-state index in [4.69, 9.17) is 0 Å². The van der Waals surface area contributed by atoms with Gasteiger partial charge in [0.25, 0.3) is 0 Å². The highest BCUT2D eigenvalue weighted by atomic mass is 16.2. The molecule has 0 spiro atoms. The third-order valence-electron chi connectivity index (χ3n) is 4.90. The molecule has 0 aromatic carbocycles. The number of rotatable bonds is 5. The van der Waals surface area contributed by atoms with Crippen molar-refractivity contribution in [2.45, 2.75) is 46.2 Å². The van der Waals surface area contributed by atoms with Crippen molar-refractivity contribution < 1.29 is 4.79 Å². The zero-order valence-electron chi connectivity index (χ0n) is 15.4. The third-order valence-corrected chi connectivity index (χ3v) is 4.90. The van der Waals surface area contributed by atoms with Crippen LogP contribution in [-0.4, -0.2) is 48.5 Å². The number of carbonyl (C=O) groups excluding carboxylic acids is 1. The van der Waals surface area contributed by atoms with Crippen LogP contribution < -0.4 is 5.69 Å². The first-order valence-corrected chi connectivity index (χ1v) is 8.75. The molecule has 0 N–H and O–H groups in total. The molecule has 1 aliphatic heterocycles. The van der Waals surface area contributed by atoms with E-state index in [0.717, 1.165) is 36.6 Å². The van der Waals surface area contributed by atoms with Crippen LogP contribution in [0.4, 0.5) is 0 Å². The van der Waals surface area contributed by atoms with Crippen LogP contribution in [0.15, 0.2) is 10.9 Å². The Morgan fingerprint density at radius 1 is 1.36 bits per heavy atom. The Morgan fingerprint density at radius 2 is 2.12 bits per heavy atom. The first-order valence-electron chi connectivity index (χ1n) is 8.75. The van der Waals surface area contributed by atoms with Gasteiger partial charge >= 0.3 is 5.69 Å². The van der Waals surface area contributed by atoms with E-state index in [1.165, 1.54) is 4.68 Å². The molecule has 8 heteroatoms. The maximum absolute atomic E-state index is 12.7. The number of hydrogen-bond donors (Lipinski definition) is 0. The van der Waals surface area contributed by atoms with Gasteiger partial charge in [-0.2, -0.15) is 10.2 Å². The summed E-state index contributed by atoms with van der Waals surface area (Å²) < 4.78 is 4.96. The second kappa shape index (κ2) is 6.85. The molecule has 8 nitrogen and oxygen atoms in total. The molecule has 2 aromatic rings. The van der Waals surface area contributed by atoms with Crippen LogP contribution in [0.1, 0.15) is 30.1 Å². The Hall–Kier alpha value is -2.38. The zero-order chi connectivity index (χ0) is 18.1. The van der Waals surface area contributed by atoms with Gasteiger partial charge in [-0.1, -0.05) is 0 Å². The molecule has 0 saturated carbocycles. The van der Waals surface area contributed by atoms with Gasteiger partial charge < -0.3 is 4.90 Å². The fraction of sp³-hybridized carbons (Fsp3) is 0.647. The first-order chi connectivity index (χ1) is 11.9. The maximum Gasteiger partial charge on any atom is 0.345 e. The van der Waals surface area contributed by atoms with Crippen LogP contribution in [0.2, 0.25) is 0 Å². The van der Waals surface area contributed by atoms with Gasteiger partial charge in [-0.3, -0.25) is 14.0 Å². The molecule has 0 aliphatic carbocycles. The van der Waals surface area contributed by atoms with Gasteiger partial charge in [0, 0.05) is 45.8 Å². The molecule has 1 amide bonds. The van der Waals surface area contributed by atoms with Gasteiger partial charge in [-0.25, -0.2) is 9.48 Å². The van der Waals surface area contributed by atoms with Crippen LogP contribution in [0.25, 0.3) is 0 Å². The molecule has 1 aliphatic rings. The number of carbonyl (C=O) groups is 1. The Morgan fingerprint density at radius 3 is 2.80 bits per heavy atom. The fourth-order valence-corrected chi connectivity index (χ4v) is 3.52. The normalized spacial score (nSPS) is 16.7. The smallest absolute Gasteiger partial charge is 0.345 e. The third kappa shape index (κ3) is 3.52. The molecule has 1 atom stereocenters. The molecule has 0 bridgehead atoms. The highest BCUT2D eigenvalue weighted by Gasteiger charge is 2.29. The SMILES string of the molecule is Cc1cc(C)n(CCCN(C)C(=O)[C@@H]2CCc3nn(C)c(=O)n3C2)n1. The predicted octanol–water partition coefficient (Wildman–Crippen LogP) is 0.506. The Bertz CT molecular complexity index is 831. The molecule has 0 saturated heterocycles. The van der Waals surface area contributed by atoms with E-state index in [2.05, 4.69) is 16.3 Å². The minimum Gasteiger partial charge on any atom is -0.345 e. The molecule has 3 rings (SSSR count). The minimum atomic E-state index is -0.145. The van der Waals surface area contributed by atoms with Crippen molar-refractivity contribution in [3.8, 4) is 0 Å². The molecule has 136 valence electrons. The Balaban J connectivity index is 1.55. The standard InChI is InChI=1S/C17H26N6O2/c1-12-10-13(2)23(18-12)9-5-8-20(3)16(24)14-6-7-15-19-21(4)17(25)22(15)11-14/h10,14H,5-9,11H2,1-4H3/t14-/m1/s1. The summed E-state index contributed by atoms with van der Waals surface area (Å²) >= 11 is 0. The van der Waals surface area contributed by atoms with Gasteiger partial charge in [0.1, 0.15) is 5.82 Å². The lowest BCUT2D eigenvalue weighted by molar-refractivity contribution is -0.135. The van der Waals surface area contributed by atoms with Crippen molar-refractivity contribution in [2.75, 3.05) is 13.6 Å². The maximum atomic E-state index is 12.7. The quantitative estimate of drug-likeness (QED) is 0.790. The fourth-order valence-electron chi connectivity index (χ4n) is 3.52. The lowest BCUT2D eigenvalue weighted by Crippen LogP contribution is -2.40. The molecule has 3 heterocycles. The number of fused-ring (bicyclic) bond motifs is 1. The second-order valence-corrected chi connectivity index (χ2v) is 6.93. The van der Waals surface area contributed by atoms with Gasteiger partial charge in [0.15, 0.2) is 0 Å². The van der Waals surface area contributed by atoms with Gasteiger partial charge in [-0.05, 0) is 32.8 Å². The average molecular weight is 346 g/mol. The largest absolute Gasteiger partial charge is 0.345 e. The van der Waals surface area contributed by atoms with Gasteiger partial charge in [-0.15, -0.1) is 0 Å². The summed E-state index contributed by atoms with van der Waals surface area (Å²) in [7, 11) is 3.49. The number of aryl methyl sites for hydroxylation is 5. The average Bonchev–Trinajstić information content (AvgIpc) is 3.05. The lowest BCUT2D eigenvalue weighted by atomic mass is 9.98. The number of nitrogens with zero attached hydrogens (tertiary/aromatic N) is 6. The Labute approximate surface area is 147 Å². The van der Waals surface area contributed by atoms with Crippen molar-refractivity contribution in [3.63, 3.8) is 0 Å². The van der Waals surface area contributed by atoms with Crippen LogP contribution in [0.5, 0.6) is 0 Å². The number of aromatic nitrogens is 5. The van der Waals surface area contributed by atoms with Crippen molar-refractivity contribution in [1.29, 1.82) is 0 Å². The van der Waals surface area contributed by atoms with Crippen molar-refractivity contribution >= 4 is 5.91 Å². The second-order valence-electron chi connectivity index (χ2n) is 6.93. The van der Waals surface area contributed by atoms with E-state index in [1.807, 2.05) is 25.6 Å². The minimum absolute atomic E-state index is 0.106. The lowest BCUT2D eigenvalue weighted by Gasteiger charge is -2.26. The van der Waals surface area contributed by atoms with Crippen LogP contribution in [-0.2, 0) is 31.4 Å². The molecule has 2 aromatic heterocycles. The number of hydrogen-bond acceptors (Lipinski definition) is 4. The van der Waals surface area contributed by atoms with Crippen molar-refractivity contribution in [1.82, 2.24) is 29.0 Å². The van der Waals surface area contributed by atoms with Crippen LogP contribution in [0, 0.1) is 19.8 Å². The molecular formula is C17H26N6O2. The van der Waals surface area contributed by atoms with E-state index >= 15 is 0 Å². The predicted molar refractivity (Wildman–Crippen MR) is 93.2 cm³/mol. The summed E-state index contributed by atoms with van der Waals surface area (Å²) in [6.07, 6.45) is 2.28. The van der Waals surface area contributed by atoms with E-state index < -0.39 is 0 Å². The van der Waals surface area contributed by atoms with E-state index in [1.54, 1.807) is 16.5 Å². The topological polar surface area (TPSA) is 78.0 Å². The van der Waals surface area contributed by atoms with Crippen molar-refractivity contribution in [2.24, 2.45) is 13.0 Å². The number of amides is 1. The van der Waals surface area contributed by atoms with E-state index in [-0.39, 0.29) is 17.5 Å². The zero-order valence-corrected chi connectivity index (χ0v) is 15.4. The highest BCUT2D eigenvalue weighted by molar-refractivity contribution is 5.78. The summed E-state index contributed by atoms with van der Waals surface area (Å²) in [5, 5.41) is 8.66. The first kappa shape index (κ1) is 17.4. The summed E-state index contributed by atoms with van der Waals surface area (Å²) in [6, 6.07) is 2.06. The van der Waals surface area contributed by atoms with Crippen LogP contribution >= 0.6 is 0 Å². The summed E-state index contributed by atoms with van der Waals surface area (Å²) in [4.78, 5) is 26.5. The van der Waals surface area contributed by atoms with E-state index in [9.17, 15) is 9.59 Å². The molecule has 0 unspecified atom stereocenters. The van der Waals surface area contributed by atoms with E-state index in [0.29, 0.717) is 19.5 Å². The van der Waals surface area contributed by atoms with Crippen molar-refractivity contribution in [3.05, 3.63) is 33.8 Å². The molecule has 0 radical (unpaired) electrons. The van der Waals surface area contributed by atoms with Crippen LogP contribution in [0.3, 0.4) is 0 Å². The van der Waals surface area contributed by atoms with Gasteiger partial charge in [0.05, 0.1) is 11.6 Å². The molecular weight excluding hydrogens is 320 g/mol. The van der Waals surface area contributed by atoms with Gasteiger partial charge in [0.2, 0.25) is 5.91 Å². The highest BCUT2D eigenvalue weighted by Crippen LogP contribution is 2.19. The monoisotopic (exact) mass is 346 g/mol.